The van der Waals surface area contributed by atoms with Crippen molar-refractivity contribution in [2.45, 2.75) is 44.8 Å². The summed E-state index contributed by atoms with van der Waals surface area (Å²) in [5, 5.41) is 2.82. The summed E-state index contributed by atoms with van der Waals surface area (Å²) in [7, 11) is 1.58. The number of benzene rings is 2. The predicted molar refractivity (Wildman–Crippen MR) is 122 cm³/mol. The van der Waals surface area contributed by atoms with Crippen molar-refractivity contribution in [2.24, 2.45) is 5.92 Å². The molecular weight excluding hydrogens is 423 g/mol. The average molecular weight is 455 g/mol. The number of carbonyl (C=O) groups is 2. The minimum atomic E-state index is -0.639. The molecule has 4 rings (SSSR count). The molecule has 0 spiro atoms. The van der Waals surface area contributed by atoms with Gasteiger partial charge in [0.25, 0.3) is 5.91 Å². The third-order valence-electron chi connectivity index (χ3n) is 6.27. The summed E-state index contributed by atoms with van der Waals surface area (Å²) in [6.45, 7) is 3.34. The first kappa shape index (κ1) is 23.2. The van der Waals surface area contributed by atoms with E-state index >= 15 is 0 Å². The largest absolute Gasteiger partial charge is 0.481 e. The lowest BCUT2D eigenvalue weighted by Gasteiger charge is -2.38. The Kier molecular flexibility index (Phi) is 7.28. The van der Waals surface area contributed by atoms with Crippen LogP contribution in [0.4, 0.5) is 4.39 Å². The van der Waals surface area contributed by atoms with E-state index in [-0.39, 0.29) is 29.6 Å². The van der Waals surface area contributed by atoms with E-state index in [1.165, 1.54) is 12.1 Å². The lowest BCUT2D eigenvalue weighted by Crippen LogP contribution is -2.41. The highest BCUT2D eigenvalue weighted by Crippen LogP contribution is 2.41. The second-order valence-electron chi connectivity index (χ2n) is 8.67. The normalized spacial score (nSPS) is 18.4. The average Bonchev–Trinajstić information content (AvgIpc) is 3.67. The number of rotatable bonds is 9. The molecule has 1 aliphatic heterocycles. The van der Waals surface area contributed by atoms with Gasteiger partial charge >= 0.3 is 0 Å². The Morgan fingerprint density at radius 1 is 1.21 bits per heavy atom. The molecule has 2 amide bonds. The maximum atomic E-state index is 14.1. The molecule has 1 fully saturated rings. The molecule has 2 aromatic rings. The number of hydrogen-bond donors (Lipinski definition) is 1. The number of nitrogens with zero attached hydrogens (tertiary/aromatic N) is 1. The van der Waals surface area contributed by atoms with Crippen LogP contribution in [0.15, 0.2) is 42.5 Å². The molecule has 0 saturated heterocycles. The molecule has 33 heavy (non-hydrogen) atoms. The van der Waals surface area contributed by atoms with Crippen LogP contribution in [-0.2, 0) is 20.7 Å². The van der Waals surface area contributed by atoms with Gasteiger partial charge in [0.1, 0.15) is 11.6 Å². The number of hydrogen-bond acceptors (Lipinski definition) is 4. The van der Waals surface area contributed by atoms with Gasteiger partial charge in [-0.05, 0) is 66.6 Å². The Hall–Kier alpha value is -2.93. The van der Waals surface area contributed by atoms with Gasteiger partial charge in [0.2, 0.25) is 5.91 Å². The van der Waals surface area contributed by atoms with Gasteiger partial charge in [-0.3, -0.25) is 9.59 Å². The standard InChI is InChI=1S/C26H31FN2O4/c1-3-23(25(30)28-12-14-32-2)33-21-10-9-17-11-13-29(26(31)18-7-8-18)24(22(17)16-21)19-5-4-6-20(27)15-19/h4-6,9-10,15-16,18,23-24H,3,7-8,11-14H2,1-2H3,(H,28,30)/t23-,24+/m1/s1. The minimum Gasteiger partial charge on any atom is -0.481 e. The maximum absolute atomic E-state index is 14.1. The molecule has 0 radical (unpaired) electrons. The van der Waals surface area contributed by atoms with Gasteiger partial charge in [0.05, 0.1) is 12.6 Å². The third kappa shape index (κ3) is 5.36. The Labute approximate surface area is 194 Å². The van der Waals surface area contributed by atoms with Gasteiger partial charge < -0.3 is 19.7 Å². The molecule has 7 heteroatoms. The number of methoxy groups -OCH3 is 1. The highest BCUT2D eigenvalue weighted by atomic mass is 19.1. The van der Waals surface area contributed by atoms with Crippen LogP contribution in [0.5, 0.6) is 5.75 Å². The van der Waals surface area contributed by atoms with Crippen LogP contribution in [0.3, 0.4) is 0 Å². The zero-order valence-corrected chi connectivity index (χ0v) is 19.2. The number of nitrogens with one attached hydrogen (secondary N) is 1. The molecule has 1 aliphatic carbocycles. The van der Waals surface area contributed by atoms with Crippen molar-refractivity contribution in [2.75, 3.05) is 26.8 Å². The van der Waals surface area contributed by atoms with Crippen LogP contribution in [0.2, 0.25) is 0 Å². The van der Waals surface area contributed by atoms with Crippen LogP contribution in [0.1, 0.15) is 48.9 Å². The van der Waals surface area contributed by atoms with Gasteiger partial charge in [0.15, 0.2) is 6.10 Å². The molecule has 0 bridgehead atoms. The molecule has 1 heterocycles. The van der Waals surface area contributed by atoms with Crippen LogP contribution < -0.4 is 10.1 Å². The van der Waals surface area contributed by atoms with Crippen molar-refractivity contribution >= 4 is 11.8 Å². The SMILES string of the molecule is CC[C@@H](Oc1ccc2c(c1)[C@H](c1cccc(F)c1)N(C(=O)C1CC1)CC2)C(=O)NCCOC. The molecular formula is C26H31FN2O4. The van der Waals surface area contributed by atoms with Gasteiger partial charge in [0, 0.05) is 26.1 Å². The molecule has 1 N–H and O–H groups in total. The van der Waals surface area contributed by atoms with Crippen LogP contribution in [0, 0.1) is 11.7 Å². The third-order valence-corrected chi connectivity index (χ3v) is 6.27. The summed E-state index contributed by atoms with van der Waals surface area (Å²) in [5.74, 6) is 0.237. The highest BCUT2D eigenvalue weighted by molar-refractivity contribution is 5.82. The summed E-state index contributed by atoms with van der Waals surface area (Å²) in [6.07, 6.45) is 2.43. The monoisotopic (exact) mass is 454 g/mol. The topological polar surface area (TPSA) is 67.9 Å². The van der Waals surface area contributed by atoms with E-state index in [9.17, 15) is 14.0 Å². The zero-order chi connectivity index (χ0) is 23.4. The molecule has 0 aromatic heterocycles. The maximum Gasteiger partial charge on any atom is 0.261 e. The van der Waals surface area contributed by atoms with Gasteiger partial charge in [-0.2, -0.15) is 0 Å². The Bertz CT molecular complexity index is 1010. The first-order valence-electron chi connectivity index (χ1n) is 11.6. The molecule has 2 aromatic carbocycles. The molecule has 1 saturated carbocycles. The summed E-state index contributed by atoms with van der Waals surface area (Å²) in [4.78, 5) is 27.5. The van der Waals surface area contributed by atoms with E-state index < -0.39 is 6.10 Å². The van der Waals surface area contributed by atoms with E-state index in [1.54, 1.807) is 13.2 Å². The summed E-state index contributed by atoms with van der Waals surface area (Å²) in [5.41, 5.74) is 2.77. The zero-order valence-electron chi connectivity index (χ0n) is 19.2. The number of halogens is 1. The second kappa shape index (κ2) is 10.3. The van der Waals surface area contributed by atoms with Gasteiger partial charge in [-0.15, -0.1) is 0 Å². The highest BCUT2D eigenvalue weighted by Gasteiger charge is 2.39. The Morgan fingerprint density at radius 3 is 2.73 bits per heavy atom. The van der Waals surface area contributed by atoms with Crippen molar-refractivity contribution in [1.29, 1.82) is 0 Å². The smallest absolute Gasteiger partial charge is 0.261 e. The van der Waals surface area contributed by atoms with E-state index in [1.807, 2.05) is 36.1 Å². The van der Waals surface area contributed by atoms with Crippen molar-refractivity contribution in [1.82, 2.24) is 10.2 Å². The van der Waals surface area contributed by atoms with E-state index in [0.717, 1.165) is 36.0 Å². The fourth-order valence-electron chi connectivity index (χ4n) is 4.38. The van der Waals surface area contributed by atoms with E-state index in [0.29, 0.717) is 31.9 Å². The molecule has 2 atom stereocenters. The number of carbonyl (C=O) groups excluding carboxylic acids is 2. The summed E-state index contributed by atoms with van der Waals surface area (Å²) < 4.78 is 25.2. The number of fused-ring (bicyclic) bond motifs is 1. The lowest BCUT2D eigenvalue weighted by atomic mass is 9.87. The Balaban J connectivity index is 1.63. The summed E-state index contributed by atoms with van der Waals surface area (Å²) in [6, 6.07) is 11.8. The van der Waals surface area contributed by atoms with Gasteiger partial charge in [-0.25, -0.2) is 4.39 Å². The van der Waals surface area contributed by atoms with Crippen LogP contribution >= 0.6 is 0 Å². The van der Waals surface area contributed by atoms with Crippen molar-refractivity contribution in [3.05, 3.63) is 65.0 Å². The van der Waals surface area contributed by atoms with Gasteiger partial charge in [-0.1, -0.05) is 25.1 Å². The first-order chi connectivity index (χ1) is 16.0. The lowest BCUT2D eigenvalue weighted by molar-refractivity contribution is -0.134. The number of amides is 2. The predicted octanol–water partition coefficient (Wildman–Crippen LogP) is 3.63. The molecule has 6 nitrogen and oxygen atoms in total. The minimum absolute atomic E-state index is 0.0716. The Morgan fingerprint density at radius 2 is 2.03 bits per heavy atom. The molecule has 2 aliphatic rings. The van der Waals surface area contributed by atoms with Crippen molar-refractivity contribution < 1.29 is 23.5 Å². The van der Waals surface area contributed by atoms with E-state index in [2.05, 4.69) is 5.32 Å². The number of ether oxygens (including phenoxy) is 2. The van der Waals surface area contributed by atoms with Crippen molar-refractivity contribution in [3.63, 3.8) is 0 Å². The van der Waals surface area contributed by atoms with E-state index in [4.69, 9.17) is 9.47 Å². The van der Waals surface area contributed by atoms with Crippen molar-refractivity contribution in [3.8, 4) is 5.75 Å². The van der Waals surface area contributed by atoms with Crippen LogP contribution in [-0.4, -0.2) is 49.6 Å². The van der Waals surface area contributed by atoms with Crippen LogP contribution in [0.25, 0.3) is 0 Å². The fourth-order valence-corrected chi connectivity index (χ4v) is 4.38. The quantitative estimate of drug-likeness (QED) is 0.588. The fraction of sp³-hybridized carbons (Fsp3) is 0.462. The molecule has 176 valence electrons. The first-order valence-corrected chi connectivity index (χ1v) is 11.6. The second-order valence-corrected chi connectivity index (χ2v) is 8.67. The summed E-state index contributed by atoms with van der Waals surface area (Å²) >= 11 is 0. The molecule has 0 unspecified atom stereocenters.